The van der Waals surface area contributed by atoms with Gasteiger partial charge in [0.1, 0.15) is 6.54 Å². The van der Waals surface area contributed by atoms with E-state index in [-0.39, 0.29) is 24.7 Å². The van der Waals surface area contributed by atoms with Gasteiger partial charge in [0.15, 0.2) is 0 Å². The number of ether oxygens (including phenoxy) is 1. The van der Waals surface area contributed by atoms with Gasteiger partial charge in [0.25, 0.3) is 0 Å². The number of hydrogen-bond donors (Lipinski definition) is 1. The Kier molecular flexibility index (Phi) is 6.29. The van der Waals surface area contributed by atoms with Gasteiger partial charge in [0.05, 0.1) is 17.9 Å². The second-order valence-electron chi connectivity index (χ2n) is 7.63. The SMILES string of the molecule is Cc1cc(C)n(CC(=O)NCc2ccc(CN3CC(C)OC(C)C3)cc2)n1. The largest absolute Gasteiger partial charge is 0.373 e. The molecule has 1 saturated heterocycles. The molecule has 27 heavy (non-hydrogen) atoms. The second kappa shape index (κ2) is 8.67. The zero-order chi connectivity index (χ0) is 19.4. The molecule has 1 aliphatic rings. The van der Waals surface area contributed by atoms with Crippen LogP contribution in [0.4, 0.5) is 0 Å². The van der Waals surface area contributed by atoms with E-state index in [9.17, 15) is 4.79 Å². The summed E-state index contributed by atoms with van der Waals surface area (Å²) in [4.78, 5) is 14.6. The summed E-state index contributed by atoms with van der Waals surface area (Å²) in [5.41, 5.74) is 4.32. The molecule has 1 aromatic carbocycles. The van der Waals surface area contributed by atoms with Gasteiger partial charge in [0, 0.05) is 31.9 Å². The van der Waals surface area contributed by atoms with E-state index in [1.54, 1.807) is 4.68 Å². The van der Waals surface area contributed by atoms with Crippen molar-refractivity contribution in [1.82, 2.24) is 20.0 Å². The number of nitrogens with one attached hydrogen (secondary N) is 1. The number of carbonyl (C=O) groups excluding carboxylic acids is 1. The lowest BCUT2D eigenvalue weighted by Crippen LogP contribution is -2.44. The standard InChI is InChI=1S/C21H30N4O2/c1-15-9-16(2)25(23-15)14-21(26)22-10-19-5-7-20(8-6-19)13-24-11-17(3)27-18(4)12-24/h5-9,17-18H,10-14H2,1-4H3,(H,22,26). The van der Waals surface area contributed by atoms with Gasteiger partial charge in [-0.25, -0.2) is 0 Å². The smallest absolute Gasteiger partial charge is 0.242 e. The van der Waals surface area contributed by atoms with Crippen LogP contribution in [0.15, 0.2) is 30.3 Å². The van der Waals surface area contributed by atoms with E-state index in [1.807, 2.05) is 19.9 Å². The third-order valence-electron chi connectivity index (χ3n) is 4.81. The monoisotopic (exact) mass is 370 g/mol. The minimum atomic E-state index is -0.0263. The van der Waals surface area contributed by atoms with Gasteiger partial charge in [-0.05, 0) is 44.9 Å². The lowest BCUT2D eigenvalue weighted by Gasteiger charge is -2.35. The van der Waals surface area contributed by atoms with Crippen molar-refractivity contribution in [1.29, 1.82) is 0 Å². The molecule has 0 saturated carbocycles. The predicted molar refractivity (Wildman–Crippen MR) is 105 cm³/mol. The van der Waals surface area contributed by atoms with E-state index in [2.05, 4.69) is 53.4 Å². The van der Waals surface area contributed by atoms with Crippen molar-refractivity contribution in [3.63, 3.8) is 0 Å². The Hall–Kier alpha value is -2.18. The number of carbonyl (C=O) groups is 1. The van der Waals surface area contributed by atoms with Crippen molar-refractivity contribution in [3.05, 3.63) is 52.8 Å². The number of aromatic nitrogens is 2. The predicted octanol–water partition coefficient (Wildman–Crippen LogP) is 2.43. The van der Waals surface area contributed by atoms with Gasteiger partial charge < -0.3 is 10.1 Å². The van der Waals surface area contributed by atoms with Gasteiger partial charge in [-0.3, -0.25) is 14.4 Å². The number of morpholine rings is 1. The molecule has 2 aromatic rings. The minimum absolute atomic E-state index is 0.0263. The highest BCUT2D eigenvalue weighted by molar-refractivity contribution is 5.75. The van der Waals surface area contributed by atoms with Crippen LogP contribution in [-0.4, -0.2) is 45.9 Å². The van der Waals surface area contributed by atoms with E-state index in [4.69, 9.17) is 4.74 Å². The van der Waals surface area contributed by atoms with Crippen LogP contribution in [0.25, 0.3) is 0 Å². The van der Waals surface area contributed by atoms with Gasteiger partial charge in [0.2, 0.25) is 5.91 Å². The van der Waals surface area contributed by atoms with Crippen molar-refractivity contribution in [2.24, 2.45) is 0 Å². The molecule has 0 aliphatic carbocycles. The fourth-order valence-electron chi connectivity index (χ4n) is 3.66. The van der Waals surface area contributed by atoms with Gasteiger partial charge in [-0.1, -0.05) is 24.3 Å². The molecule has 2 unspecified atom stereocenters. The summed E-state index contributed by atoms with van der Waals surface area (Å²) in [5, 5.41) is 7.29. The van der Waals surface area contributed by atoms with Crippen LogP contribution in [0.2, 0.25) is 0 Å². The third-order valence-corrected chi connectivity index (χ3v) is 4.81. The molecule has 146 valence electrons. The summed E-state index contributed by atoms with van der Waals surface area (Å²) in [6.07, 6.45) is 0.566. The van der Waals surface area contributed by atoms with Crippen LogP contribution in [0.3, 0.4) is 0 Å². The summed E-state index contributed by atoms with van der Waals surface area (Å²) >= 11 is 0. The van der Waals surface area contributed by atoms with Crippen molar-refractivity contribution >= 4 is 5.91 Å². The summed E-state index contributed by atoms with van der Waals surface area (Å²) in [6, 6.07) is 10.4. The fraction of sp³-hybridized carbons (Fsp3) is 0.524. The number of nitrogens with zero attached hydrogens (tertiary/aromatic N) is 3. The Balaban J connectivity index is 1.47. The molecule has 0 radical (unpaired) electrons. The Morgan fingerprint density at radius 1 is 1.15 bits per heavy atom. The van der Waals surface area contributed by atoms with Crippen molar-refractivity contribution in [2.45, 2.75) is 59.5 Å². The first kappa shape index (κ1) is 19.6. The zero-order valence-corrected chi connectivity index (χ0v) is 16.7. The van der Waals surface area contributed by atoms with Crippen LogP contribution in [-0.2, 0) is 29.2 Å². The highest BCUT2D eigenvalue weighted by Crippen LogP contribution is 2.14. The van der Waals surface area contributed by atoms with Crippen LogP contribution in [0.5, 0.6) is 0 Å². The molecule has 1 aromatic heterocycles. The number of aryl methyl sites for hydroxylation is 2. The molecule has 2 heterocycles. The van der Waals surface area contributed by atoms with Crippen molar-refractivity contribution < 1.29 is 9.53 Å². The summed E-state index contributed by atoms with van der Waals surface area (Å²) in [6.45, 7) is 11.8. The third kappa shape index (κ3) is 5.65. The molecule has 0 bridgehead atoms. The first-order chi connectivity index (χ1) is 12.9. The van der Waals surface area contributed by atoms with Gasteiger partial charge in [-0.15, -0.1) is 0 Å². The summed E-state index contributed by atoms with van der Waals surface area (Å²) in [7, 11) is 0. The lowest BCUT2D eigenvalue weighted by molar-refractivity contribution is -0.122. The molecular formula is C21H30N4O2. The number of amides is 1. The maximum Gasteiger partial charge on any atom is 0.242 e. The Bertz CT molecular complexity index is 759. The van der Waals surface area contributed by atoms with Crippen LogP contribution in [0.1, 0.15) is 36.4 Å². The normalized spacial score (nSPS) is 20.6. The summed E-state index contributed by atoms with van der Waals surface area (Å²) < 4.78 is 7.52. The maximum absolute atomic E-state index is 12.1. The molecule has 6 heteroatoms. The van der Waals surface area contributed by atoms with Crippen molar-refractivity contribution in [3.8, 4) is 0 Å². The molecular weight excluding hydrogens is 340 g/mol. The molecule has 1 amide bonds. The average molecular weight is 370 g/mol. The number of benzene rings is 1. The Morgan fingerprint density at radius 3 is 2.37 bits per heavy atom. The molecule has 6 nitrogen and oxygen atoms in total. The maximum atomic E-state index is 12.1. The van der Waals surface area contributed by atoms with Gasteiger partial charge in [-0.2, -0.15) is 5.10 Å². The molecule has 1 aliphatic heterocycles. The molecule has 0 spiro atoms. The van der Waals surface area contributed by atoms with Gasteiger partial charge >= 0.3 is 0 Å². The summed E-state index contributed by atoms with van der Waals surface area (Å²) in [5.74, 6) is -0.0263. The Labute approximate surface area is 161 Å². The molecule has 1 N–H and O–H groups in total. The second-order valence-corrected chi connectivity index (χ2v) is 7.63. The van der Waals surface area contributed by atoms with E-state index in [1.165, 1.54) is 5.56 Å². The molecule has 3 rings (SSSR count). The van der Waals surface area contributed by atoms with E-state index in [0.717, 1.165) is 36.6 Å². The highest BCUT2D eigenvalue weighted by atomic mass is 16.5. The van der Waals surface area contributed by atoms with E-state index >= 15 is 0 Å². The number of rotatable bonds is 6. The van der Waals surface area contributed by atoms with E-state index in [0.29, 0.717) is 6.54 Å². The first-order valence-electron chi connectivity index (χ1n) is 9.62. The fourth-order valence-corrected chi connectivity index (χ4v) is 3.66. The van der Waals surface area contributed by atoms with E-state index < -0.39 is 0 Å². The zero-order valence-electron chi connectivity index (χ0n) is 16.7. The quantitative estimate of drug-likeness (QED) is 0.848. The van der Waals surface area contributed by atoms with Crippen LogP contribution in [0, 0.1) is 13.8 Å². The highest BCUT2D eigenvalue weighted by Gasteiger charge is 2.21. The lowest BCUT2D eigenvalue weighted by atomic mass is 10.1. The van der Waals surface area contributed by atoms with Crippen LogP contribution < -0.4 is 5.32 Å². The Morgan fingerprint density at radius 2 is 1.78 bits per heavy atom. The molecule has 1 fully saturated rings. The average Bonchev–Trinajstić information content (AvgIpc) is 2.90. The topological polar surface area (TPSA) is 59.4 Å². The number of hydrogen-bond acceptors (Lipinski definition) is 4. The first-order valence-corrected chi connectivity index (χ1v) is 9.62. The van der Waals surface area contributed by atoms with Crippen LogP contribution >= 0.6 is 0 Å². The minimum Gasteiger partial charge on any atom is -0.373 e. The molecule has 2 atom stereocenters. The van der Waals surface area contributed by atoms with Crippen molar-refractivity contribution in [2.75, 3.05) is 13.1 Å².